The van der Waals surface area contributed by atoms with Crippen LogP contribution in [0.2, 0.25) is 0 Å². The molecule has 5 rings (SSSR count). The second kappa shape index (κ2) is 5.90. The highest BCUT2D eigenvalue weighted by Gasteiger charge is 2.26. The first-order valence-corrected chi connectivity index (χ1v) is 10.4. The van der Waals surface area contributed by atoms with Crippen LogP contribution in [0, 0.1) is 0 Å². The number of pyridine rings is 1. The van der Waals surface area contributed by atoms with E-state index in [1.54, 1.807) is 17.7 Å². The Morgan fingerprint density at radius 2 is 1.80 bits per heavy atom. The summed E-state index contributed by atoms with van der Waals surface area (Å²) in [7, 11) is 0. The highest BCUT2D eigenvalue weighted by molar-refractivity contribution is 7.26. The van der Waals surface area contributed by atoms with Gasteiger partial charge < -0.3 is 4.90 Å². The molecule has 1 aliphatic carbocycles. The average molecular weight is 353 g/mol. The maximum Gasteiger partial charge on any atom is 0.150 e. The zero-order chi connectivity index (χ0) is 17.0. The molecule has 0 amide bonds. The number of anilines is 1. The lowest BCUT2D eigenvalue weighted by Gasteiger charge is -2.27. The summed E-state index contributed by atoms with van der Waals surface area (Å²) in [6.45, 7) is 6.75. The zero-order valence-electron chi connectivity index (χ0n) is 15.0. The van der Waals surface area contributed by atoms with Gasteiger partial charge in [-0.3, -0.25) is 0 Å². The summed E-state index contributed by atoms with van der Waals surface area (Å²) in [4.78, 5) is 18.1. The Hall–Kier alpha value is -1.75. The molecule has 5 heteroatoms. The summed E-state index contributed by atoms with van der Waals surface area (Å²) in [6.07, 6.45) is 9.22. The predicted octanol–water partition coefficient (Wildman–Crippen LogP) is 4.84. The number of aryl methyl sites for hydroxylation is 1. The fraction of sp³-hybridized carbons (Fsp3) is 0.550. The molecule has 3 aromatic heterocycles. The van der Waals surface area contributed by atoms with Gasteiger partial charge in [-0.1, -0.05) is 13.8 Å². The number of hydrogen-bond donors (Lipinski definition) is 0. The van der Waals surface area contributed by atoms with E-state index in [4.69, 9.17) is 9.97 Å². The van der Waals surface area contributed by atoms with Crippen LogP contribution < -0.4 is 4.90 Å². The molecule has 0 unspecified atom stereocenters. The first kappa shape index (κ1) is 15.5. The number of piperidine rings is 1. The fourth-order valence-electron chi connectivity index (χ4n) is 4.52. The molecule has 1 saturated heterocycles. The quantitative estimate of drug-likeness (QED) is 0.662. The normalized spacial score (nSPS) is 17.8. The van der Waals surface area contributed by atoms with E-state index in [9.17, 15) is 0 Å². The number of rotatable bonds is 2. The van der Waals surface area contributed by atoms with E-state index in [0.29, 0.717) is 5.92 Å². The Bertz CT molecular complexity index is 953. The van der Waals surface area contributed by atoms with Crippen LogP contribution in [0.3, 0.4) is 0 Å². The summed E-state index contributed by atoms with van der Waals surface area (Å²) < 4.78 is 1.24. The zero-order valence-corrected chi connectivity index (χ0v) is 15.8. The number of hydrogen-bond acceptors (Lipinski definition) is 5. The lowest BCUT2D eigenvalue weighted by molar-refractivity contribution is 0.575. The van der Waals surface area contributed by atoms with Crippen molar-refractivity contribution in [2.75, 3.05) is 18.0 Å². The molecule has 0 radical (unpaired) electrons. The molecule has 0 saturated carbocycles. The van der Waals surface area contributed by atoms with Gasteiger partial charge in [0.2, 0.25) is 0 Å². The first-order chi connectivity index (χ1) is 12.2. The highest BCUT2D eigenvalue weighted by Crippen LogP contribution is 2.43. The molecular weight excluding hydrogens is 328 g/mol. The van der Waals surface area contributed by atoms with Crippen LogP contribution in [0.1, 0.15) is 62.3 Å². The molecule has 4 nitrogen and oxygen atoms in total. The minimum Gasteiger partial charge on any atom is -0.355 e. The molecule has 3 aromatic rings. The minimum absolute atomic E-state index is 0.481. The maximum atomic E-state index is 5.10. The van der Waals surface area contributed by atoms with Crippen LogP contribution in [0.25, 0.3) is 20.4 Å². The Morgan fingerprint density at radius 1 is 1.00 bits per heavy atom. The number of thiophene rings is 1. The van der Waals surface area contributed by atoms with Crippen LogP contribution in [0.15, 0.2) is 6.33 Å². The summed E-state index contributed by atoms with van der Waals surface area (Å²) in [5.41, 5.74) is 5.46. The van der Waals surface area contributed by atoms with Crippen molar-refractivity contribution in [1.29, 1.82) is 0 Å². The van der Waals surface area contributed by atoms with Crippen molar-refractivity contribution in [3.8, 4) is 0 Å². The van der Waals surface area contributed by atoms with Crippen LogP contribution >= 0.6 is 11.3 Å². The van der Waals surface area contributed by atoms with Crippen LogP contribution in [-0.4, -0.2) is 28.0 Å². The number of aromatic nitrogens is 3. The summed E-state index contributed by atoms with van der Waals surface area (Å²) >= 11 is 1.80. The molecule has 0 aromatic carbocycles. The molecule has 25 heavy (non-hydrogen) atoms. The maximum absolute atomic E-state index is 5.10. The van der Waals surface area contributed by atoms with Gasteiger partial charge in [0.05, 0.1) is 10.2 Å². The minimum atomic E-state index is 0.481. The van der Waals surface area contributed by atoms with Gasteiger partial charge in [-0.15, -0.1) is 11.3 Å². The SMILES string of the molecule is CC(C)c1nc2sc3c(N4CCCCC4)ncnc3c2c2c1CCC2. The Morgan fingerprint density at radius 3 is 2.60 bits per heavy atom. The highest BCUT2D eigenvalue weighted by atomic mass is 32.1. The smallest absolute Gasteiger partial charge is 0.150 e. The molecule has 130 valence electrons. The Balaban J connectivity index is 1.79. The molecule has 0 bridgehead atoms. The van der Waals surface area contributed by atoms with Crippen molar-refractivity contribution >= 4 is 37.6 Å². The predicted molar refractivity (Wildman–Crippen MR) is 105 cm³/mol. The molecule has 0 atom stereocenters. The first-order valence-electron chi connectivity index (χ1n) is 9.58. The van der Waals surface area contributed by atoms with Crippen molar-refractivity contribution in [2.45, 2.75) is 58.3 Å². The van der Waals surface area contributed by atoms with Crippen LogP contribution in [-0.2, 0) is 12.8 Å². The Labute approximate surface area is 152 Å². The summed E-state index contributed by atoms with van der Waals surface area (Å²) in [5, 5.41) is 1.32. The van der Waals surface area contributed by atoms with E-state index < -0.39 is 0 Å². The van der Waals surface area contributed by atoms with E-state index in [-0.39, 0.29) is 0 Å². The van der Waals surface area contributed by atoms with Gasteiger partial charge in [0.15, 0.2) is 0 Å². The molecule has 2 aliphatic rings. The average Bonchev–Trinajstić information content (AvgIpc) is 3.25. The molecule has 0 spiro atoms. The van der Waals surface area contributed by atoms with Crippen molar-refractivity contribution in [3.63, 3.8) is 0 Å². The third kappa shape index (κ3) is 2.35. The van der Waals surface area contributed by atoms with Crippen LogP contribution in [0.4, 0.5) is 5.82 Å². The lowest BCUT2D eigenvalue weighted by Crippen LogP contribution is -2.30. The van der Waals surface area contributed by atoms with E-state index >= 15 is 0 Å². The van der Waals surface area contributed by atoms with Crippen molar-refractivity contribution in [1.82, 2.24) is 15.0 Å². The van der Waals surface area contributed by atoms with Gasteiger partial charge in [-0.2, -0.15) is 0 Å². The second-order valence-electron chi connectivity index (χ2n) is 7.67. The van der Waals surface area contributed by atoms with Gasteiger partial charge in [-0.25, -0.2) is 15.0 Å². The standard InChI is InChI=1S/C20H24N4S/c1-12(2)16-14-8-6-7-13(14)15-17-18(25-20(15)23-16)19(22-11-21-17)24-9-4-3-5-10-24/h11-12H,3-10H2,1-2H3. The second-order valence-corrected chi connectivity index (χ2v) is 8.67. The summed E-state index contributed by atoms with van der Waals surface area (Å²) in [5.74, 6) is 1.61. The molecule has 1 aliphatic heterocycles. The van der Waals surface area contributed by atoms with Crippen molar-refractivity contribution in [2.24, 2.45) is 0 Å². The van der Waals surface area contributed by atoms with E-state index in [1.807, 2.05) is 0 Å². The van der Waals surface area contributed by atoms with Gasteiger partial charge in [0.25, 0.3) is 0 Å². The molecule has 0 N–H and O–H groups in total. The lowest BCUT2D eigenvalue weighted by atomic mass is 9.99. The van der Waals surface area contributed by atoms with Crippen molar-refractivity contribution in [3.05, 3.63) is 23.1 Å². The van der Waals surface area contributed by atoms with Crippen LogP contribution in [0.5, 0.6) is 0 Å². The largest absolute Gasteiger partial charge is 0.355 e. The third-order valence-electron chi connectivity index (χ3n) is 5.69. The van der Waals surface area contributed by atoms with E-state index in [0.717, 1.165) is 29.3 Å². The van der Waals surface area contributed by atoms with Gasteiger partial charge in [0, 0.05) is 24.2 Å². The number of fused-ring (bicyclic) bond motifs is 5. The molecule has 1 fully saturated rings. The van der Waals surface area contributed by atoms with Gasteiger partial charge in [0.1, 0.15) is 17.0 Å². The topological polar surface area (TPSA) is 41.9 Å². The third-order valence-corrected chi connectivity index (χ3v) is 6.76. The van der Waals surface area contributed by atoms with E-state index in [1.165, 1.54) is 65.4 Å². The van der Waals surface area contributed by atoms with E-state index in [2.05, 4.69) is 23.7 Å². The van der Waals surface area contributed by atoms with Crippen molar-refractivity contribution < 1.29 is 0 Å². The van der Waals surface area contributed by atoms with Gasteiger partial charge in [-0.05, 0) is 55.6 Å². The molecular formula is C20H24N4S. The Kier molecular flexibility index (Phi) is 3.66. The molecule has 4 heterocycles. The monoisotopic (exact) mass is 352 g/mol. The fourth-order valence-corrected chi connectivity index (χ4v) is 5.71. The number of nitrogens with zero attached hydrogens (tertiary/aromatic N) is 4. The van der Waals surface area contributed by atoms with Gasteiger partial charge >= 0.3 is 0 Å². The summed E-state index contributed by atoms with van der Waals surface area (Å²) in [6, 6.07) is 0.